The van der Waals surface area contributed by atoms with Gasteiger partial charge in [0.2, 0.25) is 0 Å². The lowest BCUT2D eigenvalue weighted by molar-refractivity contribution is 0.414. The molecule has 0 fully saturated rings. The number of hydrogen-bond acceptors (Lipinski definition) is 3. The maximum atomic E-state index is 12.2. The van der Waals surface area contributed by atoms with Crippen LogP contribution < -0.4 is 15.9 Å². The number of benzene rings is 1. The van der Waals surface area contributed by atoms with Gasteiger partial charge in [-0.2, -0.15) is 0 Å². The van der Waals surface area contributed by atoms with E-state index in [1.807, 2.05) is 19.9 Å². The number of aromatic nitrogens is 2. The van der Waals surface area contributed by atoms with Crippen LogP contribution in [0.3, 0.4) is 0 Å². The van der Waals surface area contributed by atoms with Crippen LogP contribution in [0.15, 0.2) is 57.9 Å². The fourth-order valence-electron chi connectivity index (χ4n) is 1.88. The minimum atomic E-state index is -0.565. The Morgan fingerprint density at radius 1 is 1.10 bits per heavy atom. The highest BCUT2D eigenvalue weighted by atomic mass is 16.5. The van der Waals surface area contributed by atoms with Crippen molar-refractivity contribution in [3.63, 3.8) is 0 Å². The number of rotatable bonds is 4. The first kappa shape index (κ1) is 14.8. The lowest BCUT2D eigenvalue weighted by atomic mass is 10.3. The highest BCUT2D eigenvalue weighted by molar-refractivity contribution is 5.37. The van der Waals surface area contributed by atoms with Gasteiger partial charge in [0.05, 0.1) is 7.11 Å². The monoisotopic (exact) mass is 286 g/mol. The van der Waals surface area contributed by atoms with E-state index in [1.165, 1.54) is 9.13 Å². The fourth-order valence-corrected chi connectivity index (χ4v) is 1.88. The van der Waals surface area contributed by atoms with Crippen LogP contribution in [0.1, 0.15) is 13.8 Å². The third-order valence-electron chi connectivity index (χ3n) is 3.11. The Morgan fingerprint density at radius 3 is 2.33 bits per heavy atom. The normalized spacial score (nSPS) is 10.2. The largest absolute Gasteiger partial charge is 0.497 e. The smallest absolute Gasteiger partial charge is 0.320 e. The van der Waals surface area contributed by atoms with Gasteiger partial charge in [-0.1, -0.05) is 11.6 Å². The van der Waals surface area contributed by atoms with Crippen LogP contribution in [0.2, 0.25) is 0 Å². The highest BCUT2D eigenvalue weighted by Gasteiger charge is 2.06. The summed E-state index contributed by atoms with van der Waals surface area (Å²) in [5.41, 5.74) is 0.629. The Kier molecular flexibility index (Phi) is 4.42. The lowest BCUT2D eigenvalue weighted by Gasteiger charge is -2.08. The van der Waals surface area contributed by atoms with Crippen molar-refractivity contribution in [1.29, 1.82) is 0 Å². The minimum absolute atomic E-state index is 0.403. The number of nitrogens with zero attached hydrogens (tertiary/aromatic N) is 2. The van der Waals surface area contributed by atoms with Gasteiger partial charge in [0.1, 0.15) is 5.75 Å². The van der Waals surface area contributed by atoms with E-state index >= 15 is 0 Å². The van der Waals surface area contributed by atoms with Crippen molar-refractivity contribution in [2.24, 2.45) is 0 Å². The maximum absolute atomic E-state index is 12.2. The molecule has 0 bridgehead atoms. The van der Waals surface area contributed by atoms with Crippen LogP contribution in [0.4, 0.5) is 0 Å². The van der Waals surface area contributed by atoms with E-state index in [-0.39, 0.29) is 0 Å². The standard InChI is InChI=1S/C16H18N2O3/c1-12(2)8-9-17-10-11-18(16(20)15(17)19)13-4-6-14(21-3)7-5-13/h4-8,10-11H,9H2,1-3H3. The van der Waals surface area contributed by atoms with Crippen molar-refractivity contribution in [2.45, 2.75) is 20.4 Å². The second kappa shape index (κ2) is 6.26. The first-order valence-corrected chi connectivity index (χ1v) is 6.63. The van der Waals surface area contributed by atoms with Crippen LogP contribution >= 0.6 is 0 Å². The van der Waals surface area contributed by atoms with Crippen LogP contribution in [-0.4, -0.2) is 16.2 Å². The summed E-state index contributed by atoms with van der Waals surface area (Å²) in [6, 6.07) is 6.97. The molecule has 0 aliphatic carbocycles. The molecular formula is C16H18N2O3. The van der Waals surface area contributed by atoms with Crippen molar-refractivity contribution in [3.05, 3.63) is 69.0 Å². The SMILES string of the molecule is COc1ccc(-n2ccn(CC=C(C)C)c(=O)c2=O)cc1. The minimum Gasteiger partial charge on any atom is -0.497 e. The summed E-state index contributed by atoms with van der Waals surface area (Å²) in [7, 11) is 1.57. The predicted octanol–water partition coefficient (Wildman–Crippen LogP) is 1.97. The van der Waals surface area contributed by atoms with Gasteiger partial charge >= 0.3 is 11.1 Å². The number of hydrogen-bond donors (Lipinski definition) is 0. The molecule has 1 heterocycles. The van der Waals surface area contributed by atoms with E-state index in [0.717, 1.165) is 5.57 Å². The number of allylic oxidation sites excluding steroid dienone is 2. The Hall–Kier alpha value is -2.56. The van der Waals surface area contributed by atoms with E-state index in [2.05, 4.69) is 0 Å². The molecule has 0 spiro atoms. The first-order valence-electron chi connectivity index (χ1n) is 6.63. The molecule has 1 aromatic carbocycles. The predicted molar refractivity (Wildman–Crippen MR) is 82.3 cm³/mol. The molecular weight excluding hydrogens is 268 g/mol. The highest BCUT2D eigenvalue weighted by Crippen LogP contribution is 2.12. The van der Waals surface area contributed by atoms with Crippen molar-refractivity contribution in [3.8, 4) is 11.4 Å². The molecule has 5 heteroatoms. The molecule has 0 atom stereocenters. The molecule has 0 unspecified atom stereocenters. The van der Waals surface area contributed by atoms with Gasteiger partial charge in [-0.25, -0.2) is 0 Å². The summed E-state index contributed by atoms with van der Waals surface area (Å²) in [5.74, 6) is 0.698. The summed E-state index contributed by atoms with van der Waals surface area (Å²) in [6.45, 7) is 4.30. The Bertz CT molecular complexity index is 763. The van der Waals surface area contributed by atoms with Crippen LogP contribution in [0, 0.1) is 0 Å². The van der Waals surface area contributed by atoms with E-state index in [4.69, 9.17) is 4.74 Å². The molecule has 5 nitrogen and oxygen atoms in total. The molecule has 1 aromatic heterocycles. The molecule has 0 amide bonds. The summed E-state index contributed by atoms with van der Waals surface area (Å²) in [5, 5.41) is 0. The lowest BCUT2D eigenvalue weighted by Crippen LogP contribution is -2.39. The molecule has 0 saturated heterocycles. The van der Waals surface area contributed by atoms with Crippen molar-refractivity contribution < 1.29 is 4.74 Å². The van der Waals surface area contributed by atoms with Crippen LogP contribution in [0.5, 0.6) is 5.75 Å². The molecule has 2 rings (SSSR count). The first-order chi connectivity index (χ1) is 10.0. The zero-order chi connectivity index (χ0) is 15.4. The van der Waals surface area contributed by atoms with Crippen molar-refractivity contribution in [1.82, 2.24) is 9.13 Å². The van der Waals surface area contributed by atoms with Crippen LogP contribution in [-0.2, 0) is 6.54 Å². The van der Waals surface area contributed by atoms with Gasteiger partial charge in [0.25, 0.3) is 0 Å². The van der Waals surface area contributed by atoms with Gasteiger partial charge in [-0.3, -0.25) is 14.2 Å². The van der Waals surface area contributed by atoms with E-state index in [9.17, 15) is 9.59 Å². The molecule has 0 N–H and O–H groups in total. The third kappa shape index (κ3) is 3.31. The van der Waals surface area contributed by atoms with Crippen molar-refractivity contribution in [2.75, 3.05) is 7.11 Å². The number of methoxy groups -OCH3 is 1. The zero-order valence-corrected chi connectivity index (χ0v) is 12.4. The molecule has 2 aromatic rings. The second-order valence-corrected chi connectivity index (χ2v) is 4.91. The molecule has 0 saturated carbocycles. The van der Waals surface area contributed by atoms with Gasteiger partial charge < -0.3 is 9.30 Å². The summed E-state index contributed by atoms with van der Waals surface area (Å²) in [4.78, 5) is 24.2. The van der Waals surface area contributed by atoms with Gasteiger partial charge in [-0.15, -0.1) is 0 Å². The summed E-state index contributed by atoms with van der Waals surface area (Å²) < 4.78 is 7.81. The summed E-state index contributed by atoms with van der Waals surface area (Å²) >= 11 is 0. The third-order valence-corrected chi connectivity index (χ3v) is 3.11. The van der Waals surface area contributed by atoms with Crippen LogP contribution in [0.25, 0.3) is 5.69 Å². The van der Waals surface area contributed by atoms with Gasteiger partial charge in [0.15, 0.2) is 0 Å². The molecule has 21 heavy (non-hydrogen) atoms. The van der Waals surface area contributed by atoms with E-state index < -0.39 is 11.1 Å². The molecule has 0 aliphatic heterocycles. The molecule has 0 aliphatic rings. The topological polar surface area (TPSA) is 53.2 Å². The Morgan fingerprint density at radius 2 is 1.76 bits per heavy atom. The Balaban J connectivity index is 2.42. The average molecular weight is 286 g/mol. The van der Waals surface area contributed by atoms with Gasteiger partial charge in [0, 0.05) is 24.6 Å². The molecule has 110 valence electrons. The Labute approximate surface area is 122 Å². The molecule has 0 radical (unpaired) electrons. The average Bonchev–Trinajstić information content (AvgIpc) is 2.49. The van der Waals surface area contributed by atoms with Crippen molar-refractivity contribution >= 4 is 0 Å². The van der Waals surface area contributed by atoms with E-state index in [1.54, 1.807) is 43.8 Å². The summed E-state index contributed by atoms with van der Waals surface area (Å²) in [6.07, 6.45) is 5.12. The van der Waals surface area contributed by atoms with Gasteiger partial charge in [-0.05, 0) is 38.1 Å². The van der Waals surface area contributed by atoms with E-state index in [0.29, 0.717) is 18.0 Å². The quantitative estimate of drug-likeness (QED) is 0.638. The zero-order valence-electron chi connectivity index (χ0n) is 12.4. The fraction of sp³-hybridized carbons (Fsp3) is 0.250. The second-order valence-electron chi connectivity index (χ2n) is 4.91. The number of ether oxygens (including phenoxy) is 1. The maximum Gasteiger partial charge on any atom is 0.320 e.